The summed E-state index contributed by atoms with van der Waals surface area (Å²) in [5.74, 6) is -0.162. The molecule has 0 saturated heterocycles. The Bertz CT molecular complexity index is 568. The van der Waals surface area contributed by atoms with Gasteiger partial charge >= 0.3 is 0 Å². The third-order valence-corrected chi connectivity index (χ3v) is 2.06. The van der Waals surface area contributed by atoms with Crippen LogP contribution >= 0.6 is 0 Å². The highest BCUT2D eigenvalue weighted by molar-refractivity contribution is 6.00. The lowest BCUT2D eigenvalue weighted by molar-refractivity contribution is -0.111. The Kier molecular flexibility index (Phi) is 3.60. The minimum absolute atomic E-state index is 0.166. The summed E-state index contributed by atoms with van der Waals surface area (Å²) in [7, 11) is 0. The summed E-state index contributed by atoms with van der Waals surface area (Å²) in [6, 6.07) is 7.21. The van der Waals surface area contributed by atoms with E-state index in [0.717, 1.165) is 5.56 Å². The average molecular weight is 241 g/mol. The number of hydrogen-bond donors (Lipinski definition) is 2. The van der Waals surface area contributed by atoms with Gasteiger partial charge in [0.05, 0.1) is 12.4 Å². The van der Waals surface area contributed by atoms with Gasteiger partial charge in [-0.2, -0.15) is 5.10 Å². The number of anilines is 2. The second kappa shape index (κ2) is 5.53. The molecule has 0 aliphatic heterocycles. The van der Waals surface area contributed by atoms with Crippen LogP contribution in [0.2, 0.25) is 0 Å². The Labute approximate surface area is 104 Å². The van der Waals surface area contributed by atoms with Gasteiger partial charge in [0.15, 0.2) is 0 Å². The lowest BCUT2D eigenvalue weighted by atomic mass is 10.2. The van der Waals surface area contributed by atoms with Crippen molar-refractivity contribution in [2.24, 2.45) is 0 Å². The number of aromatic nitrogens is 3. The highest BCUT2D eigenvalue weighted by Crippen LogP contribution is 2.08. The van der Waals surface area contributed by atoms with E-state index in [0.29, 0.717) is 5.69 Å². The summed E-state index contributed by atoms with van der Waals surface area (Å²) < 4.78 is 0. The number of benzene rings is 1. The van der Waals surface area contributed by atoms with Crippen LogP contribution in [0.5, 0.6) is 0 Å². The predicted octanol–water partition coefficient (Wildman–Crippen LogP) is 1.11. The van der Waals surface area contributed by atoms with Crippen molar-refractivity contribution in [2.45, 2.75) is 0 Å². The van der Waals surface area contributed by atoms with Crippen molar-refractivity contribution in [3.05, 3.63) is 48.3 Å². The van der Waals surface area contributed by atoms with E-state index in [4.69, 9.17) is 5.73 Å². The topological polar surface area (TPSA) is 93.8 Å². The smallest absolute Gasteiger partial charge is 0.250 e. The van der Waals surface area contributed by atoms with E-state index < -0.39 is 0 Å². The fourth-order valence-corrected chi connectivity index (χ4v) is 1.29. The van der Waals surface area contributed by atoms with Crippen molar-refractivity contribution in [3.8, 4) is 0 Å². The zero-order chi connectivity index (χ0) is 12.8. The van der Waals surface area contributed by atoms with E-state index in [-0.39, 0.29) is 11.9 Å². The highest BCUT2D eigenvalue weighted by atomic mass is 16.1. The molecule has 0 unspecified atom stereocenters. The summed E-state index contributed by atoms with van der Waals surface area (Å²) in [5, 5.41) is 9.73. The second-order valence-corrected chi connectivity index (χ2v) is 3.46. The van der Waals surface area contributed by atoms with Gasteiger partial charge in [-0.05, 0) is 23.8 Å². The first-order valence-corrected chi connectivity index (χ1v) is 5.22. The van der Waals surface area contributed by atoms with Gasteiger partial charge in [-0.25, -0.2) is 4.98 Å². The van der Waals surface area contributed by atoms with Crippen molar-refractivity contribution < 1.29 is 4.79 Å². The number of rotatable bonds is 3. The molecule has 6 heteroatoms. The Hall–Kier alpha value is -2.76. The van der Waals surface area contributed by atoms with Crippen molar-refractivity contribution in [1.82, 2.24) is 15.2 Å². The van der Waals surface area contributed by atoms with Gasteiger partial charge in [0, 0.05) is 11.8 Å². The van der Waals surface area contributed by atoms with E-state index >= 15 is 0 Å². The monoisotopic (exact) mass is 241 g/mol. The van der Waals surface area contributed by atoms with E-state index in [1.165, 1.54) is 18.5 Å². The largest absolute Gasteiger partial charge is 0.399 e. The molecule has 0 fully saturated rings. The molecule has 90 valence electrons. The first-order chi connectivity index (χ1) is 8.74. The van der Waals surface area contributed by atoms with Gasteiger partial charge in [0.1, 0.15) is 0 Å². The van der Waals surface area contributed by atoms with Gasteiger partial charge in [-0.15, -0.1) is 5.10 Å². The Morgan fingerprint density at radius 2 is 2.22 bits per heavy atom. The van der Waals surface area contributed by atoms with Crippen molar-refractivity contribution in [3.63, 3.8) is 0 Å². The summed E-state index contributed by atoms with van der Waals surface area (Å²) in [5.41, 5.74) is 7.12. The van der Waals surface area contributed by atoms with Crippen molar-refractivity contribution in [2.75, 3.05) is 11.1 Å². The molecule has 1 aromatic heterocycles. The zero-order valence-corrected chi connectivity index (χ0v) is 9.45. The van der Waals surface area contributed by atoms with Crippen molar-refractivity contribution in [1.29, 1.82) is 0 Å². The number of nitrogens with one attached hydrogen (secondary N) is 1. The van der Waals surface area contributed by atoms with Gasteiger partial charge in [0.2, 0.25) is 5.95 Å². The quantitative estimate of drug-likeness (QED) is 0.620. The van der Waals surface area contributed by atoms with E-state index in [2.05, 4.69) is 20.5 Å². The number of carbonyl (C=O) groups excluding carboxylic acids is 1. The molecular formula is C12H11N5O. The predicted molar refractivity (Wildman–Crippen MR) is 68.3 cm³/mol. The maximum absolute atomic E-state index is 11.5. The standard InChI is InChI=1S/C12H11N5O/c13-10-3-1-2-9(8-10)4-5-11(18)16-12-14-6-7-15-17-12/h1-8H,13H2,(H,14,16,17,18)/b5-4+. The van der Waals surface area contributed by atoms with E-state index in [1.54, 1.807) is 18.2 Å². The number of nitrogens with zero attached hydrogens (tertiary/aromatic N) is 3. The summed E-state index contributed by atoms with van der Waals surface area (Å²) >= 11 is 0. The zero-order valence-electron chi connectivity index (χ0n) is 9.45. The molecule has 0 saturated carbocycles. The fraction of sp³-hybridized carbons (Fsp3) is 0. The molecule has 0 bridgehead atoms. The molecule has 2 rings (SSSR count). The maximum atomic E-state index is 11.5. The van der Waals surface area contributed by atoms with Gasteiger partial charge in [-0.1, -0.05) is 12.1 Å². The SMILES string of the molecule is Nc1cccc(/C=C/C(=O)Nc2nccnn2)c1. The number of amides is 1. The van der Waals surface area contributed by atoms with Crippen LogP contribution in [0.1, 0.15) is 5.56 Å². The molecule has 0 spiro atoms. The van der Waals surface area contributed by atoms with Crippen LogP contribution in [0.4, 0.5) is 11.6 Å². The van der Waals surface area contributed by atoms with Gasteiger partial charge in [0.25, 0.3) is 5.91 Å². The summed E-state index contributed by atoms with van der Waals surface area (Å²) in [4.78, 5) is 15.4. The molecule has 1 amide bonds. The molecule has 0 aliphatic rings. The van der Waals surface area contributed by atoms with Crippen LogP contribution in [-0.4, -0.2) is 21.1 Å². The maximum Gasteiger partial charge on any atom is 0.250 e. The normalized spacial score (nSPS) is 10.4. The number of nitrogen functional groups attached to an aromatic ring is 1. The summed E-state index contributed by atoms with van der Waals surface area (Å²) in [6.45, 7) is 0. The minimum atomic E-state index is -0.328. The van der Waals surface area contributed by atoms with Crippen LogP contribution in [0, 0.1) is 0 Å². The second-order valence-electron chi connectivity index (χ2n) is 3.46. The molecule has 1 heterocycles. The Morgan fingerprint density at radius 1 is 1.33 bits per heavy atom. The van der Waals surface area contributed by atoms with Gasteiger partial charge in [-0.3, -0.25) is 10.1 Å². The molecule has 2 aromatic rings. The lowest BCUT2D eigenvalue weighted by Gasteiger charge is -1.98. The van der Waals surface area contributed by atoms with Crippen molar-refractivity contribution >= 4 is 23.6 Å². The van der Waals surface area contributed by atoms with Crippen LogP contribution in [0.25, 0.3) is 6.08 Å². The lowest BCUT2D eigenvalue weighted by Crippen LogP contribution is -2.10. The van der Waals surface area contributed by atoms with E-state index in [9.17, 15) is 4.79 Å². The number of carbonyl (C=O) groups is 1. The number of hydrogen-bond acceptors (Lipinski definition) is 5. The first kappa shape index (κ1) is 11.7. The first-order valence-electron chi connectivity index (χ1n) is 5.22. The Balaban J connectivity index is 1.99. The molecular weight excluding hydrogens is 230 g/mol. The highest BCUT2D eigenvalue weighted by Gasteiger charge is 1.99. The average Bonchev–Trinajstić information content (AvgIpc) is 2.38. The molecule has 0 atom stereocenters. The van der Waals surface area contributed by atoms with Crippen LogP contribution in [0.15, 0.2) is 42.7 Å². The van der Waals surface area contributed by atoms with Crippen LogP contribution < -0.4 is 11.1 Å². The third kappa shape index (κ3) is 3.38. The molecule has 6 nitrogen and oxygen atoms in total. The number of nitrogens with two attached hydrogens (primary N) is 1. The summed E-state index contributed by atoms with van der Waals surface area (Å²) in [6.07, 6.45) is 5.91. The minimum Gasteiger partial charge on any atom is -0.399 e. The van der Waals surface area contributed by atoms with Crippen LogP contribution in [-0.2, 0) is 4.79 Å². The molecule has 18 heavy (non-hydrogen) atoms. The van der Waals surface area contributed by atoms with Gasteiger partial charge < -0.3 is 5.73 Å². The molecule has 1 aromatic carbocycles. The Morgan fingerprint density at radius 3 is 2.94 bits per heavy atom. The third-order valence-electron chi connectivity index (χ3n) is 2.06. The molecule has 0 radical (unpaired) electrons. The van der Waals surface area contributed by atoms with Crippen LogP contribution in [0.3, 0.4) is 0 Å². The molecule has 0 aliphatic carbocycles. The van der Waals surface area contributed by atoms with E-state index in [1.807, 2.05) is 12.1 Å². The molecule has 3 N–H and O–H groups in total. The fourth-order valence-electron chi connectivity index (χ4n) is 1.29.